The zero-order chi connectivity index (χ0) is 24.9. The predicted molar refractivity (Wildman–Crippen MR) is 150 cm³/mol. The third-order valence-electron chi connectivity index (χ3n) is 6.26. The first-order valence-corrected chi connectivity index (χ1v) is 13.8. The van der Waals surface area contributed by atoms with E-state index in [1.807, 2.05) is 48.5 Å². The summed E-state index contributed by atoms with van der Waals surface area (Å²) in [5, 5.41) is 0. The van der Waals surface area contributed by atoms with E-state index in [0.29, 0.717) is 6.42 Å². The van der Waals surface area contributed by atoms with Crippen LogP contribution in [0.3, 0.4) is 0 Å². The number of aryl methyl sites for hydroxylation is 1. The standard InChI is InChI=1S/C17H38N.C15H14O/c1-5-6-7-8-9-10-11-12-13-14-15-16-17-18(2,3)4;16-15(14-9-5-2-6-10-14)12-11-13-7-3-1-4-8-13/h5-17H2,1-4H3;1-10H,11-12H2/q+1;. The van der Waals surface area contributed by atoms with Crippen molar-refractivity contribution in [3.63, 3.8) is 0 Å². The fourth-order valence-corrected chi connectivity index (χ4v) is 4.10. The van der Waals surface area contributed by atoms with Crippen LogP contribution in [0.2, 0.25) is 0 Å². The minimum absolute atomic E-state index is 0.212. The van der Waals surface area contributed by atoms with Gasteiger partial charge in [0.05, 0.1) is 27.7 Å². The SMILES string of the molecule is CCCCCCCCCCCCCC[N+](C)(C)C.O=C(CCc1ccccc1)c1ccccc1. The van der Waals surface area contributed by atoms with Gasteiger partial charge < -0.3 is 4.48 Å². The van der Waals surface area contributed by atoms with Crippen LogP contribution in [0.1, 0.15) is 106 Å². The molecule has 0 aliphatic carbocycles. The van der Waals surface area contributed by atoms with Gasteiger partial charge in [-0.25, -0.2) is 0 Å². The van der Waals surface area contributed by atoms with Crippen molar-refractivity contribution >= 4 is 5.78 Å². The van der Waals surface area contributed by atoms with Crippen LogP contribution in [0.25, 0.3) is 0 Å². The van der Waals surface area contributed by atoms with Gasteiger partial charge in [0, 0.05) is 12.0 Å². The minimum atomic E-state index is 0.212. The van der Waals surface area contributed by atoms with E-state index in [1.165, 1.54) is 89.2 Å². The molecule has 0 atom stereocenters. The molecule has 0 N–H and O–H groups in total. The van der Waals surface area contributed by atoms with Gasteiger partial charge in [-0.3, -0.25) is 4.79 Å². The van der Waals surface area contributed by atoms with E-state index in [0.717, 1.165) is 16.5 Å². The highest BCUT2D eigenvalue weighted by Gasteiger charge is 2.05. The molecule has 0 aliphatic heterocycles. The summed E-state index contributed by atoms with van der Waals surface area (Å²) in [6, 6.07) is 19.6. The number of unbranched alkanes of at least 4 members (excludes halogenated alkanes) is 11. The Bertz CT molecular complexity index is 718. The summed E-state index contributed by atoms with van der Waals surface area (Å²) in [5.41, 5.74) is 2.02. The summed E-state index contributed by atoms with van der Waals surface area (Å²) in [5.74, 6) is 0.212. The topological polar surface area (TPSA) is 17.1 Å². The molecule has 0 spiro atoms. The van der Waals surface area contributed by atoms with E-state index in [9.17, 15) is 4.79 Å². The number of hydrogen-bond acceptors (Lipinski definition) is 1. The molecule has 0 unspecified atom stereocenters. The first-order valence-electron chi connectivity index (χ1n) is 13.8. The van der Waals surface area contributed by atoms with Crippen LogP contribution >= 0.6 is 0 Å². The van der Waals surface area contributed by atoms with Gasteiger partial charge in [-0.05, 0) is 24.8 Å². The Morgan fingerprint density at radius 3 is 1.53 bits per heavy atom. The van der Waals surface area contributed by atoms with Crippen molar-refractivity contribution in [3.8, 4) is 0 Å². The second kappa shape index (κ2) is 19.4. The van der Waals surface area contributed by atoms with Crippen LogP contribution in [0.5, 0.6) is 0 Å². The van der Waals surface area contributed by atoms with Crippen molar-refractivity contribution in [2.45, 2.75) is 96.8 Å². The number of ketones is 1. The van der Waals surface area contributed by atoms with E-state index in [4.69, 9.17) is 0 Å². The van der Waals surface area contributed by atoms with Crippen molar-refractivity contribution in [2.24, 2.45) is 0 Å². The van der Waals surface area contributed by atoms with Crippen LogP contribution in [-0.2, 0) is 6.42 Å². The molecule has 0 aliphatic rings. The largest absolute Gasteiger partial charge is 0.331 e. The summed E-state index contributed by atoms with van der Waals surface area (Å²) in [4.78, 5) is 11.8. The molecule has 0 heterocycles. The number of rotatable bonds is 17. The van der Waals surface area contributed by atoms with Gasteiger partial charge in [-0.1, -0.05) is 132 Å². The Morgan fingerprint density at radius 2 is 1.06 bits per heavy atom. The van der Waals surface area contributed by atoms with E-state index >= 15 is 0 Å². The highest BCUT2D eigenvalue weighted by Crippen LogP contribution is 2.12. The Kier molecular flexibility index (Phi) is 17.2. The van der Waals surface area contributed by atoms with E-state index < -0.39 is 0 Å². The summed E-state index contributed by atoms with van der Waals surface area (Å²) in [6.07, 6.45) is 18.8. The van der Waals surface area contributed by atoms with Crippen LogP contribution in [0.4, 0.5) is 0 Å². The molecule has 2 aromatic rings. The maximum absolute atomic E-state index is 11.8. The highest BCUT2D eigenvalue weighted by molar-refractivity contribution is 5.96. The molecule has 190 valence electrons. The number of hydrogen-bond donors (Lipinski definition) is 0. The molecule has 0 amide bonds. The number of carbonyl (C=O) groups excluding carboxylic acids is 1. The van der Waals surface area contributed by atoms with Gasteiger partial charge in [-0.2, -0.15) is 0 Å². The van der Waals surface area contributed by atoms with Gasteiger partial charge in [0.2, 0.25) is 0 Å². The summed E-state index contributed by atoms with van der Waals surface area (Å²) in [6.45, 7) is 3.62. The van der Waals surface area contributed by atoms with Crippen molar-refractivity contribution in [1.29, 1.82) is 0 Å². The minimum Gasteiger partial charge on any atom is -0.331 e. The van der Waals surface area contributed by atoms with E-state index in [1.54, 1.807) is 0 Å². The van der Waals surface area contributed by atoms with Crippen LogP contribution in [-0.4, -0.2) is 38.0 Å². The lowest BCUT2D eigenvalue weighted by atomic mass is 10.0. The van der Waals surface area contributed by atoms with Gasteiger partial charge in [0.1, 0.15) is 0 Å². The quantitative estimate of drug-likeness (QED) is 0.129. The van der Waals surface area contributed by atoms with Crippen molar-refractivity contribution in [3.05, 3.63) is 71.8 Å². The molecule has 2 aromatic carbocycles. The van der Waals surface area contributed by atoms with Gasteiger partial charge in [0.25, 0.3) is 0 Å². The van der Waals surface area contributed by atoms with Crippen LogP contribution in [0, 0.1) is 0 Å². The number of benzene rings is 2. The second-order valence-corrected chi connectivity index (χ2v) is 10.7. The number of Topliss-reactive ketones (excluding diaryl/α,β-unsaturated/α-hetero) is 1. The van der Waals surface area contributed by atoms with Crippen molar-refractivity contribution in [2.75, 3.05) is 27.7 Å². The molecule has 0 aromatic heterocycles. The van der Waals surface area contributed by atoms with Crippen molar-refractivity contribution in [1.82, 2.24) is 0 Å². The molecule has 0 saturated carbocycles. The third-order valence-corrected chi connectivity index (χ3v) is 6.26. The van der Waals surface area contributed by atoms with Gasteiger partial charge in [0.15, 0.2) is 5.78 Å². The lowest BCUT2D eigenvalue weighted by Gasteiger charge is -2.23. The molecular weight excluding hydrogens is 414 g/mol. The average Bonchev–Trinajstić information content (AvgIpc) is 2.84. The summed E-state index contributed by atoms with van der Waals surface area (Å²) in [7, 11) is 6.87. The van der Waals surface area contributed by atoms with E-state index in [2.05, 4.69) is 40.2 Å². The lowest BCUT2D eigenvalue weighted by Crippen LogP contribution is -2.35. The normalized spacial score (nSPS) is 11.1. The molecule has 0 fully saturated rings. The number of quaternary nitrogens is 1. The molecule has 0 bridgehead atoms. The molecule has 34 heavy (non-hydrogen) atoms. The Balaban J connectivity index is 0.000000341. The van der Waals surface area contributed by atoms with Gasteiger partial charge in [-0.15, -0.1) is 0 Å². The smallest absolute Gasteiger partial charge is 0.163 e. The molecular formula is C32H52NO+. The molecule has 2 heteroatoms. The zero-order valence-electron chi connectivity index (χ0n) is 22.7. The highest BCUT2D eigenvalue weighted by atomic mass is 16.1. The zero-order valence-corrected chi connectivity index (χ0v) is 22.7. The molecule has 0 saturated heterocycles. The maximum atomic E-state index is 11.8. The molecule has 2 rings (SSSR count). The van der Waals surface area contributed by atoms with Crippen molar-refractivity contribution < 1.29 is 9.28 Å². The summed E-state index contributed by atoms with van der Waals surface area (Å²) < 4.78 is 1.12. The first kappa shape index (κ1) is 30.1. The fraction of sp³-hybridized carbons (Fsp3) is 0.594. The monoisotopic (exact) mass is 466 g/mol. The number of carbonyl (C=O) groups is 1. The molecule has 0 radical (unpaired) electrons. The third kappa shape index (κ3) is 17.5. The number of nitrogens with zero attached hydrogens (tertiary/aromatic N) is 1. The predicted octanol–water partition coefficient (Wildman–Crippen LogP) is 8.90. The first-order chi connectivity index (χ1) is 16.4. The Hall–Kier alpha value is -1.93. The second-order valence-electron chi connectivity index (χ2n) is 10.7. The van der Waals surface area contributed by atoms with Crippen LogP contribution in [0.15, 0.2) is 60.7 Å². The van der Waals surface area contributed by atoms with Crippen LogP contribution < -0.4 is 0 Å². The fourth-order valence-electron chi connectivity index (χ4n) is 4.10. The maximum Gasteiger partial charge on any atom is 0.163 e. The lowest BCUT2D eigenvalue weighted by molar-refractivity contribution is -0.870. The average molecular weight is 467 g/mol. The van der Waals surface area contributed by atoms with Gasteiger partial charge >= 0.3 is 0 Å². The molecule has 2 nitrogen and oxygen atoms in total. The summed E-state index contributed by atoms with van der Waals surface area (Å²) >= 11 is 0. The Morgan fingerprint density at radius 1 is 0.618 bits per heavy atom. The Labute approximate surface area is 211 Å². The van der Waals surface area contributed by atoms with E-state index in [-0.39, 0.29) is 5.78 Å².